The molecule has 2 fully saturated rings. The molecule has 2 aliphatic heterocycles. The van der Waals surface area contributed by atoms with Gasteiger partial charge in [0, 0.05) is 54.4 Å². The lowest BCUT2D eigenvalue weighted by Crippen LogP contribution is -2.18. The van der Waals surface area contributed by atoms with Crippen molar-refractivity contribution >= 4 is 34.0 Å². The van der Waals surface area contributed by atoms with Crippen LogP contribution in [-0.4, -0.2) is 42.1 Å². The van der Waals surface area contributed by atoms with Gasteiger partial charge in [0.2, 0.25) is 0 Å². The van der Waals surface area contributed by atoms with Crippen molar-refractivity contribution in [3.05, 3.63) is 72.3 Å². The van der Waals surface area contributed by atoms with Gasteiger partial charge in [-0.05, 0) is 92.4 Å². The van der Waals surface area contributed by atoms with E-state index in [0.29, 0.717) is 5.56 Å². The zero-order chi connectivity index (χ0) is 22.9. The molecule has 4 aromatic rings. The monoisotopic (exact) mass is 451 g/mol. The highest BCUT2D eigenvalue weighted by Gasteiger charge is 2.15. The number of amides is 1. The van der Waals surface area contributed by atoms with Crippen LogP contribution >= 0.6 is 0 Å². The Morgan fingerprint density at radius 1 is 0.765 bits per heavy atom. The number of aromatic nitrogens is 2. The predicted molar refractivity (Wildman–Crippen MR) is 139 cm³/mol. The van der Waals surface area contributed by atoms with E-state index < -0.39 is 0 Å². The summed E-state index contributed by atoms with van der Waals surface area (Å²) >= 11 is 0. The first kappa shape index (κ1) is 20.8. The maximum Gasteiger partial charge on any atom is 0.255 e. The van der Waals surface area contributed by atoms with Gasteiger partial charge < -0.3 is 20.1 Å². The molecular formula is C28H29N5O. The lowest BCUT2D eigenvalue weighted by atomic mass is 10.1. The van der Waals surface area contributed by atoms with Gasteiger partial charge in [0.05, 0.1) is 11.0 Å². The molecule has 2 saturated heterocycles. The third kappa shape index (κ3) is 4.12. The van der Waals surface area contributed by atoms with Gasteiger partial charge in [0.1, 0.15) is 5.82 Å². The number of benzene rings is 3. The number of hydrogen-bond acceptors (Lipinski definition) is 4. The molecule has 0 spiro atoms. The van der Waals surface area contributed by atoms with E-state index in [-0.39, 0.29) is 5.91 Å². The zero-order valence-electron chi connectivity index (χ0n) is 19.3. The molecule has 0 unspecified atom stereocenters. The molecule has 2 N–H and O–H groups in total. The van der Waals surface area contributed by atoms with Crippen molar-refractivity contribution in [3.63, 3.8) is 0 Å². The Bertz CT molecular complexity index is 1300. The van der Waals surface area contributed by atoms with Crippen LogP contribution in [0.4, 0.5) is 17.1 Å². The number of anilines is 3. The van der Waals surface area contributed by atoms with E-state index >= 15 is 0 Å². The summed E-state index contributed by atoms with van der Waals surface area (Å²) in [4.78, 5) is 25.8. The van der Waals surface area contributed by atoms with Gasteiger partial charge in [-0.25, -0.2) is 4.98 Å². The molecule has 34 heavy (non-hydrogen) atoms. The average molecular weight is 452 g/mol. The highest BCUT2D eigenvalue weighted by molar-refractivity contribution is 6.05. The second-order valence-corrected chi connectivity index (χ2v) is 9.25. The van der Waals surface area contributed by atoms with Gasteiger partial charge in [-0.1, -0.05) is 0 Å². The van der Waals surface area contributed by atoms with E-state index in [1.54, 1.807) is 0 Å². The van der Waals surface area contributed by atoms with Crippen LogP contribution in [0.15, 0.2) is 66.7 Å². The Labute approximate surface area is 199 Å². The Morgan fingerprint density at radius 3 is 1.97 bits per heavy atom. The molecule has 0 radical (unpaired) electrons. The second kappa shape index (κ2) is 8.86. The lowest BCUT2D eigenvalue weighted by molar-refractivity contribution is 0.102. The van der Waals surface area contributed by atoms with Crippen molar-refractivity contribution in [3.8, 4) is 11.4 Å². The normalized spacial score (nSPS) is 15.9. The summed E-state index contributed by atoms with van der Waals surface area (Å²) in [5.74, 6) is 0.730. The van der Waals surface area contributed by atoms with Gasteiger partial charge in [-0.3, -0.25) is 4.79 Å². The summed E-state index contributed by atoms with van der Waals surface area (Å²) in [5, 5.41) is 3.02. The fraction of sp³-hybridized carbons (Fsp3) is 0.286. The lowest BCUT2D eigenvalue weighted by Gasteiger charge is -2.17. The van der Waals surface area contributed by atoms with Crippen molar-refractivity contribution in [1.29, 1.82) is 0 Å². The molecular weight excluding hydrogens is 422 g/mol. The van der Waals surface area contributed by atoms with Crippen LogP contribution in [0.2, 0.25) is 0 Å². The van der Waals surface area contributed by atoms with Crippen molar-refractivity contribution in [2.24, 2.45) is 0 Å². The van der Waals surface area contributed by atoms with Crippen LogP contribution in [0.5, 0.6) is 0 Å². The number of nitrogens with one attached hydrogen (secondary N) is 2. The summed E-state index contributed by atoms with van der Waals surface area (Å²) in [6.07, 6.45) is 5.02. The van der Waals surface area contributed by atoms with Gasteiger partial charge in [-0.15, -0.1) is 0 Å². The molecule has 0 atom stereocenters. The summed E-state index contributed by atoms with van der Waals surface area (Å²) in [6.45, 7) is 4.47. The van der Waals surface area contributed by atoms with E-state index in [0.717, 1.165) is 54.3 Å². The molecule has 0 saturated carbocycles. The molecule has 6 rings (SSSR count). The molecule has 1 amide bonds. The highest BCUT2D eigenvalue weighted by Crippen LogP contribution is 2.27. The molecule has 6 heteroatoms. The van der Waals surface area contributed by atoms with Crippen LogP contribution in [0.1, 0.15) is 36.0 Å². The topological polar surface area (TPSA) is 64.3 Å². The first-order chi connectivity index (χ1) is 16.7. The van der Waals surface area contributed by atoms with Gasteiger partial charge >= 0.3 is 0 Å². The highest BCUT2D eigenvalue weighted by atomic mass is 16.1. The number of fused-ring (bicyclic) bond motifs is 1. The molecule has 0 bridgehead atoms. The third-order valence-corrected chi connectivity index (χ3v) is 6.95. The van der Waals surface area contributed by atoms with Crippen LogP contribution in [0, 0.1) is 0 Å². The number of aromatic amines is 1. The van der Waals surface area contributed by atoms with E-state index in [2.05, 4.69) is 44.4 Å². The van der Waals surface area contributed by atoms with Crippen molar-refractivity contribution in [1.82, 2.24) is 9.97 Å². The van der Waals surface area contributed by atoms with Gasteiger partial charge in [0.15, 0.2) is 0 Å². The number of hydrogen-bond donors (Lipinski definition) is 2. The Hall–Kier alpha value is -3.80. The minimum absolute atomic E-state index is 0.107. The average Bonchev–Trinajstić information content (AvgIpc) is 3.66. The number of rotatable bonds is 5. The number of nitrogens with zero attached hydrogens (tertiary/aromatic N) is 3. The minimum Gasteiger partial charge on any atom is -0.372 e. The summed E-state index contributed by atoms with van der Waals surface area (Å²) in [7, 11) is 0. The fourth-order valence-corrected chi connectivity index (χ4v) is 5.03. The molecule has 172 valence electrons. The summed E-state index contributed by atoms with van der Waals surface area (Å²) in [5.41, 5.74) is 6.71. The third-order valence-electron chi connectivity index (χ3n) is 6.95. The first-order valence-electron chi connectivity index (χ1n) is 12.2. The summed E-state index contributed by atoms with van der Waals surface area (Å²) in [6, 6.07) is 22.3. The van der Waals surface area contributed by atoms with E-state index in [1.807, 2.05) is 42.5 Å². The molecule has 1 aromatic heterocycles. The standard InChI is InChI=1S/C28H29N5O/c34-28(21-7-12-24(13-8-21)33-17-3-4-18-33)29-22-9-14-25-26(19-22)31-27(30-25)20-5-10-23(11-6-20)32-15-1-2-16-32/h5-14,19H,1-4,15-18H2,(H,29,34)(H,30,31). The van der Waals surface area contributed by atoms with E-state index in [4.69, 9.17) is 4.98 Å². The Balaban J connectivity index is 1.16. The molecule has 3 aromatic carbocycles. The Morgan fingerprint density at radius 2 is 1.35 bits per heavy atom. The van der Waals surface area contributed by atoms with E-state index in [9.17, 15) is 4.79 Å². The van der Waals surface area contributed by atoms with Crippen molar-refractivity contribution < 1.29 is 4.79 Å². The smallest absolute Gasteiger partial charge is 0.255 e. The fourth-order valence-electron chi connectivity index (χ4n) is 5.03. The number of imidazole rings is 1. The SMILES string of the molecule is O=C(Nc1ccc2nc(-c3ccc(N4CCCC4)cc3)[nH]c2c1)c1ccc(N2CCCC2)cc1. The number of H-pyrrole nitrogens is 1. The quantitative estimate of drug-likeness (QED) is 0.410. The number of carbonyl (C=O) groups excluding carboxylic acids is 1. The van der Waals surface area contributed by atoms with Crippen LogP contribution in [0.25, 0.3) is 22.4 Å². The van der Waals surface area contributed by atoms with Crippen LogP contribution < -0.4 is 15.1 Å². The van der Waals surface area contributed by atoms with Gasteiger partial charge in [0.25, 0.3) is 5.91 Å². The maximum absolute atomic E-state index is 12.8. The molecule has 0 aliphatic carbocycles. The van der Waals surface area contributed by atoms with Crippen molar-refractivity contribution in [2.45, 2.75) is 25.7 Å². The largest absolute Gasteiger partial charge is 0.372 e. The second-order valence-electron chi connectivity index (χ2n) is 9.25. The van der Waals surface area contributed by atoms with Crippen LogP contribution in [0.3, 0.4) is 0 Å². The molecule has 2 aliphatic rings. The molecule has 6 nitrogen and oxygen atoms in total. The predicted octanol–water partition coefficient (Wildman–Crippen LogP) is 5.68. The minimum atomic E-state index is -0.107. The Kier molecular flexibility index (Phi) is 5.41. The number of carbonyl (C=O) groups is 1. The van der Waals surface area contributed by atoms with Crippen molar-refractivity contribution in [2.75, 3.05) is 41.3 Å². The summed E-state index contributed by atoms with van der Waals surface area (Å²) < 4.78 is 0. The van der Waals surface area contributed by atoms with Gasteiger partial charge in [-0.2, -0.15) is 0 Å². The van der Waals surface area contributed by atoms with Crippen LogP contribution in [-0.2, 0) is 0 Å². The van der Waals surface area contributed by atoms with E-state index in [1.165, 1.54) is 37.1 Å². The maximum atomic E-state index is 12.8. The zero-order valence-corrected chi connectivity index (χ0v) is 19.3. The molecule has 3 heterocycles. The first-order valence-corrected chi connectivity index (χ1v) is 12.2.